The molecule has 0 bridgehead atoms. The Balaban J connectivity index is 0.00000133. The maximum atomic E-state index is 6.04. The molecule has 0 saturated carbocycles. The fraction of sp³-hybridized carbons (Fsp3) is 0.462. The molecule has 0 amide bonds. The molecular formula is C13H18Cl2N4. The zero-order chi connectivity index (χ0) is 12.5. The van der Waals surface area contributed by atoms with Crippen molar-refractivity contribution in [3.63, 3.8) is 0 Å². The number of nitrogens with zero attached hydrogens (tertiary/aromatic N) is 3. The van der Waals surface area contributed by atoms with E-state index in [2.05, 4.69) is 26.5 Å². The molecular weight excluding hydrogens is 283 g/mol. The standard InChI is InChI=1S/C13H17ClN4.ClH/c1-10-7-17(5-4-15-10)9-12-6-16-13-3-2-11(14)8-18(12)13;/h2-3,6,8,10,15H,4-5,7,9H2,1H3;1H. The Morgan fingerprint density at radius 2 is 2.32 bits per heavy atom. The fourth-order valence-corrected chi connectivity index (χ4v) is 2.67. The molecule has 104 valence electrons. The number of nitrogens with one attached hydrogen (secondary N) is 1. The molecule has 1 aliphatic rings. The maximum absolute atomic E-state index is 6.04. The van der Waals surface area contributed by atoms with Crippen LogP contribution in [-0.4, -0.2) is 40.0 Å². The van der Waals surface area contributed by atoms with Crippen molar-refractivity contribution in [1.82, 2.24) is 19.6 Å². The second-order valence-corrected chi connectivity index (χ2v) is 5.35. The smallest absolute Gasteiger partial charge is 0.137 e. The summed E-state index contributed by atoms with van der Waals surface area (Å²) in [5.41, 5.74) is 2.15. The van der Waals surface area contributed by atoms with Crippen LogP contribution in [0.3, 0.4) is 0 Å². The number of rotatable bonds is 2. The predicted molar refractivity (Wildman–Crippen MR) is 80.2 cm³/mol. The van der Waals surface area contributed by atoms with Gasteiger partial charge >= 0.3 is 0 Å². The van der Waals surface area contributed by atoms with Crippen LogP contribution in [0.15, 0.2) is 24.5 Å². The van der Waals surface area contributed by atoms with Crippen LogP contribution >= 0.6 is 24.0 Å². The molecule has 0 spiro atoms. The normalized spacial score (nSPS) is 20.4. The number of imidazole rings is 1. The van der Waals surface area contributed by atoms with Crippen molar-refractivity contribution in [1.29, 1.82) is 0 Å². The van der Waals surface area contributed by atoms with E-state index in [1.54, 1.807) is 0 Å². The largest absolute Gasteiger partial charge is 0.312 e. The molecule has 0 aromatic carbocycles. The van der Waals surface area contributed by atoms with E-state index >= 15 is 0 Å². The minimum Gasteiger partial charge on any atom is -0.312 e. The minimum absolute atomic E-state index is 0. The van der Waals surface area contributed by atoms with Gasteiger partial charge in [0, 0.05) is 38.4 Å². The Labute approximate surface area is 124 Å². The first-order valence-electron chi connectivity index (χ1n) is 6.29. The average molecular weight is 301 g/mol. The van der Waals surface area contributed by atoms with Crippen molar-refractivity contribution in [3.8, 4) is 0 Å². The SMILES string of the molecule is CC1CN(Cc2cnc3ccc(Cl)cn23)CCN1.Cl. The van der Waals surface area contributed by atoms with E-state index in [-0.39, 0.29) is 12.4 Å². The van der Waals surface area contributed by atoms with E-state index in [1.165, 1.54) is 5.69 Å². The third-order valence-corrected chi connectivity index (χ3v) is 3.61. The quantitative estimate of drug-likeness (QED) is 0.923. The molecule has 0 aliphatic carbocycles. The molecule has 4 nitrogen and oxygen atoms in total. The summed E-state index contributed by atoms with van der Waals surface area (Å²) >= 11 is 6.04. The zero-order valence-corrected chi connectivity index (χ0v) is 12.4. The molecule has 6 heteroatoms. The first-order chi connectivity index (χ1) is 8.72. The van der Waals surface area contributed by atoms with Gasteiger partial charge < -0.3 is 9.72 Å². The molecule has 2 aromatic heterocycles. The fourth-order valence-electron chi connectivity index (χ4n) is 2.51. The molecule has 1 atom stereocenters. The summed E-state index contributed by atoms with van der Waals surface area (Å²) in [5, 5.41) is 4.20. The minimum atomic E-state index is 0. The maximum Gasteiger partial charge on any atom is 0.137 e. The summed E-state index contributed by atoms with van der Waals surface area (Å²) in [6.45, 7) is 6.36. The summed E-state index contributed by atoms with van der Waals surface area (Å²) in [4.78, 5) is 6.86. The Bertz CT molecular complexity index is 555. The number of halogens is 2. The van der Waals surface area contributed by atoms with Crippen LogP contribution < -0.4 is 5.32 Å². The molecule has 3 heterocycles. The highest BCUT2D eigenvalue weighted by atomic mass is 35.5. The van der Waals surface area contributed by atoms with Crippen LogP contribution in [0.4, 0.5) is 0 Å². The Hall–Kier alpha value is -0.810. The lowest BCUT2D eigenvalue weighted by Crippen LogP contribution is -2.48. The lowest BCUT2D eigenvalue weighted by molar-refractivity contribution is 0.197. The van der Waals surface area contributed by atoms with Crippen LogP contribution in [0.5, 0.6) is 0 Å². The van der Waals surface area contributed by atoms with Crippen molar-refractivity contribution >= 4 is 29.7 Å². The first kappa shape index (κ1) is 14.6. The monoisotopic (exact) mass is 300 g/mol. The van der Waals surface area contributed by atoms with Crippen LogP contribution in [0.25, 0.3) is 5.65 Å². The lowest BCUT2D eigenvalue weighted by atomic mass is 10.2. The van der Waals surface area contributed by atoms with Crippen molar-refractivity contribution in [2.45, 2.75) is 19.5 Å². The highest BCUT2D eigenvalue weighted by Gasteiger charge is 2.16. The number of hydrogen-bond acceptors (Lipinski definition) is 3. The Morgan fingerprint density at radius 3 is 3.11 bits per heavy atom. The molecule has 1 N–H and O–H groups in total. The van der Waals surface area contributed by atoms with Crippen molar-refractivity contribution in [2.75, 3.05) is 19.6 Å². The van der Waals surface area contributed by atoms with Gasteiger partial charge in [-0.3, -0.25) is 4.90 Å². The van der Waals surface area contributed by atoms with Gasteiger partial charge in [-0.25, -0.2) is 4.98 Å². The first-order valence-corrected chi connectivity index (χ1v) is 6.67. The van der Waals surface area contributed by atoms with Gasteiger partial charge in [0.1, 0.15) is 5.65 Å². The summed E-state index contributed by atoms with van der Waals surface area (Å²) in [5.74, 6) is 0. The van der Waals surface area contributed by atoms with Gasteiger partial charge in [-0.2, -0.15) is 0 Å². The molecule has 2 aromatic rings. The molecule has 1 aliphatic heterocycles. The topological polar surface area (TPSA) is 32.6 Å². The number of fused-ring (bicyclic) bond motifs is 1. The summed E-state index contributed by atoms with van der Waals surface area (Å²) < 4.78 is 2.08. The van der Waals surface area contributed by atoms with Gasteiger partial charge in [0.25, 0.3) is 0 Å². The third-order valence-electron chi connectivity index (χ3n) is 3.38. The second-order valence-electron chi connectivity index (χ2n) is 4.92. The van der Waals surface area contributed by atoms with Gasteiger partial charge in [0.15, 0.2) is 0 Å². The van der Waals surface area contributed by atoms with E-state index in [0.717, 1.165) is 36.8 Å². The van der Waals surface area contributed by atoms with Crippen LogP contribution in [0.2, 0.25) is 5.02 Å². The second kappa shape index (κ2) is 6.09. The van der Waals surface area contributed by atoms with Crippen LogP contribution in [0, 0.1) is 0 Å². The number of hydrogen-bond donors (Lipinski definition) is 1. The van der Waals surface area contributed by atoms with Crippen molar-refractivity contribution in [3.05, 3.63) is 35.2 Å². The summed E-state index contributed by atoms with van der Waals surface area (Å²) in [6.07, 6.45) is 3.88. The van der Waals surface area contributed by atoms with Gasteiger partial charge in [0.05, 0.1) is 16.9 Å². The van der Waals surface area contributed by atoms with E-state index in [0.29, 0.717) is 6.04 Å². The zero-order valence-electron chi connectivity index (χ0n) is 10.8. The molecule has 3 rings (SSSR count). The van der Waals surface area contributed by atoms with Crippen LogP contribution in [0.1, 0.15) is 12.6 Å². The molecule has 19 heavy (non-hydrogen) atoms. The third kappa shape index (κ3) is 3.20. The van der Waals surface area contributed by atoms with Gasteiger partial charge in [-0.05, 0) is 19.1 Å². The van der Waals surface area contributed by atoms with Gasteiger partial charge in [-0.1, -0.05) is 11.6 Å². The highest BCUT2D eigenvalue weighted by molar-refractivity contribution is 6.30. The lowest BCUT2D eigenvalue weighted by Gasteiger charge is -2.31. The molecule has 1 fully saturated rings. The van der Waals surface area contributed by atoms with Gasteiger partial charge in [-0.15, -0.1) is 12.4 Å². The predicted octanol–water partition coefficient (Wildman–Crippen LogP) is 2.20. The molecule has 0 radical (unpaired) electrons. The van der Waals surface area contributed by atoms with E-state index in [9.17, 15) is 0 Å². The van der Waals surface area contributed by atoms with Crippen molar-refractivity contribution < 1.29 is 0 Å². The van der Waals surface area contributed by atoms with E-state index in [1.807, 2.05) is 24.5 Å². The Kier molecular flexibility index (Phi) is 4.68. The molecule has 1 saturated heterocycles. The van der Waals surface area contributed by atoms with Crippen molar-refractivity contribution in [2.24, 2.45) is 0 Å². The van der Waals surface area contributed by atoms with E-state index in [4.69, 9.17) is 11.6 Å². The summed E-state index contributed by atoms with van der Waals surface area (Å²) in [6, 6.07) is 4.38. The summed E-state index contributed by atoms with van der Waals surface area (Å²) in [7, 11) is 0. The van der Waals surface area contributed by atoms with Crippen LogP contribution in [-0.2, 0) is 6.54 Å². The highest BCUT2D eigenvalue weighted by Crippen LogP contribution is 2.15. The van der Waals surface area contributed by atoms with Gasteiger partial charge in [0.2, 0.25) is 0 Å². The average Bonchev–Trinajstić information content (AvgIpc) is 2.72. The Morgan fingerprint density at radius 1 is 1.47 bits per heavy atom. The number of piperazine rings is 1. The van der Waals surface area contributed by atoms with E-state index < -0.39 is 0 Å². The number of aromatic nitrogens is 2. The number of pyridine rings is 1. The molecule has 1 unspecified atom stereocenters.